The van der Waals surface area contributed by atoms with Crippen molar-refractivity contribution in [2.45, 2.75) is 55.5 Å². The third-order valence-electron chi connectivity index (χ3n) is 7.75. The Kier molecular flexibility index (Phi) is 7.82. The van der Waals surface area contributed by atoms with Gasteiger partial charge >= 0.3 is 0 Å². The van der Waals surface area contributed by atoms with Crippen LogP contribution in [0.25, 0.3) is 0 Å². The Labute approximate surface area is 249 Å². The number of aromatic nitrogens is 2. The first-order valence-electron chi connectivity index (χ1n) is 14.2. The quantitative estimate of drug-likeness (QED) is 0.271. The Bertz CT molecular complexity index is 1500. The number of hydrogen-bond acceptors (Lipinski definition) is 10. The summed E-state index contributed by atoms with van der Waals surface area (Å²) in [4.78, 5) is 39.6. The molecule has 1 atom stereocenters. The number of rotatable bonds is 9. The molecule has 12 heteroatoms. The van der Waals surface area contributed by atoms with E-state index in [2.05, 4.69) is 39.8 Å². The first-order chi connectivity index (χ1) is 20.3. The maximum absolute atomic E-state index is 13.4. The highest BCUT2D eigenvalue weighted by atomic mass is 32.2. The van der Waals surface area contributed by atoms with Crippen molar-refractivity contribution in [1.29, 1.82) is 0 Å². The molecular weight excluding hydrogens is 554 g/mol. The molecule has 0 spiro atoms. The number of likely N-dealkylation sites (tertiary alicyclic amines) is 1. The number of fused-ring (bicyclic) bond motifs is 1. The Morgan fingerprint density at radius 2 is 2.00 bits per heavy atom. The fourth-order valence-electron chi connectivity index (χ4n) is 5.57. The van der Waals surface area contributed by atoms with Crippen LogP contribution in [-0.4, -0.2) is 80.8 Å². The van der Waals surface area contributed by atoms with Gasteiger partial charge in [-0.2, -0.15) is 4.98 Å². The lowest BCUT2D eigenvalue weighted by Gasteiger charge is -2.44. The summed E-state index contributed by atoms with van der Waals surface area (Å²) in [5.41, 5.74) is 2.82. The minimum Gasteiger partial charge on any atom is -0.503 e. The molecule has 42 heavy (non-hydrogen) atoms. The Morgan fingerprint density at radius 3 is 2.74 bits per heavy atom. The fourth-order valence-corrected chi connectivity index (χ4v) is 6.48. The number of methoxy groups -OCH3 is 1. The Balaban J connectivity index is 1.17. The monoisotopic (exact) mass is 589 g/mol. The molecule has 11 nitrogen and oxygen atoms in total. The summed E-state index contributed by atoms with van der Waals surface area (Å²) in [6.07, 6.45) is 3.22. The van der Waals surface area contributed by atoms with E-state index in [1.807, 2.05) is 40.1 Å². The molecule has 0 saturated carbocycles. The van der Waals surface area contributed by atoms with E-state index in [1.54, 1.807) is 24.9 Å². The second kappa shape index (κ2) is 11.7. The van der Waals surface area contributed by atoms with E-state index in [1.165, 1.54) is 6.20 Å². The average Bonchev–Trinajstić information content (AvgIpc) is 3.59. The molecule has 3 aliphatic rings. The van der Waals surface area contributed by atoms with Crippen LogP contribution in [0.5, 0.6) is 11.5 Å². The molecule has 1 unspecified atom stereocenters. The number of carbonyl (C=O) groups is 2. The molecule has 220 valence electrons. The number of nitrogens with zero attached hydrogens (tertiary/aromatic N) is 4. The molecule has 2 saturated heterocycles. The number of ether oxygens (including phenoxy) is 1. The second-order valence-corrected chi connectivity index (χ2v) is 12.6. The van der Waals surface area contributed by atoms with Crippen LogP contribution in [0.4, 0.5) is 23.1 Å². The third-order valence-corrected chi connectivity index (χ3v) is 8.83. The van der Waals surface area contributed by atoms with Crippen LogP contribution in [0.1, 0.15) is 42.6 Å². The van der Waals surface area contributed by atoms with Crippen molar-refractivity contribution in [3.05, 3.63) is 53.7 Å². The van der Waals surface area contributed by atoms with Crippen LogP contribution >= 0.6 is 11.8 Å². The molecule has 0 bridgehead atoms. The standard InChI is InChI=1S/C30H35N7O4S/c1-17(2)42-26-9-5-4-7-21(26)33-27-24(38)13-32-30(35-27)34-23-12-20-18(11-25(23)41-3)14-37(28(20)39)19-15-36(16-19)29(40)22-8-6-10-31-22/h4-5,7,9,11-13,17,19,22,31,38H,6,8,10,14-16H2,1-3H3,(H2,32,33,34,35). The first kappa shape index (κ1) is 28.1. The van der Waals surface area contributed by atoms with Gasteiger partial charge in [-0.05, 0) is 49.2 Å². The van der Waals surface area contributed by atoms with E-state index in [4.69, 9.17) is 4.74 Å². The SMILES string of the molecule is COc1cc2c(cc1Nc1ncc(O)c(Nc3ccccc3SC(C)C)n1)C(=O)N(C1CN(C(=O)C3CCCN3)C1)C2. The van der Waals surface area contributed by atoms with Crippen molar-refractivity contribution in [2.75, 3.05) is 37.4 Å². The van der Waals surface area contributed by atoms with Gasteiger partial charge in [-0.15, -0.1) is 11.8 Å². The zero-order valence-electron chi connectivity index (χ0n) is 23.9. The minimum atomic E-state index is -0.0955. The normalized spacial score (nSPS) is 18.3. The predicted molar refractivity (Wildman–Crippen MR) is 162 cm³/mol. The number of anilines is 4. The van der Waals surface area contributed by atoms with Gasteiger partial charge in [0.15, 0.2) is 11.6 Å². The van der Waals surface area contributed by atoms with Gasteiger partial charge in [-0.3, -0.25) is 9.59 Å². The predicted octanol–water partition coefficient (Wildman–Crippen LogP) is 4.10. The molecule has 2 aromatic carbocycles. The van der Waals surface area contributed by atoms with E-state index in [9.17, 15) is 14.7 Å². The average molecular weight is 590 g/mol. The van der Waals surface area contributed by atoms with E-state index in [-0.39, 0.29) is 41.4 Å². The van der Waals surface area contributed by atoms with Crippen LogP contribution in [0, 0.1) is 0 Å². The van der Waals surface area contributed by atoms with Crippen LogP contribution in [0.2, 0.25) is 0 Å². The lowest BCUT2D eigenvalue weighted by atomic mass is 10.0. The van der Waals surface area contributed by atoms with Crippen molar-refractivity contribution < 1.29 is 19.4 Å². The van der Waals surface area contributed by atoms with E-state index in [0.717, 1.165) is 35.5 Å². The summed E-state index contributed by atoms with van der Waals surface area (Å²) in [6, 6.07) is 11.4. The number of nitrogens with one attached hydrogen (secondary N) is 3. The highest BCUT2D eigenvalue weighted by Gasteiger charge is 2.43. The first-order valence-corrected chi connectivity index (χ1v) is 15.1. The highest BCUT2D eigenvalue weighted by molar-refractivity contribution is 8.00. The summed E-state index contributed by atoms with van der Waals surface area (Å²) in [5.74, 6) is 1.01. The molecule has 1 aromatic heterocycles. The summed E-state index contributed by atoms with van der Waals surface area (Å²) >= 11 is 1.71. The Morgan fingerprint density at radius 1 is 1.19 bits per heavy atom. The molecule has 3 aliphatic heterocycles. The van der Waals surface area contributed by atoms with Gasteiger partial charge < -0.3 is 35.6 Å². The van der Waals surface area contributed by atoms with Crippen molar-refractivity contribution >= 4 is 46.7 Å². The van der Waals surface area contributed by atoms with E-state index in [0.29, 0.717) is 41.9 Å². The lowest BCUT2D eigenvalue weighted by Crippen LogP contribution is -2.63. The van der Waals surface area contributed by atoms with E-state index < -0.39 is 0 Å². The largest absolute Gasteiger partial charge is 0.503 e. The van der Waals surface area contributed by atoms with Gasteiger partial charge in [0.1, 0.15) is 5.75 Å². The van der Waals surface area contributed by atoms with Crippen LogP contribution in [0.3, 0.4) is 0 Å². The molecule has 2 amide bonds. The van der Waals surface area contributed by atoms with Crippen LogP contribution in [0.15, 0.2) is 47.5 Å². The smallest absolute Gasteiger partial charge is 0.254 e. The lowest BCUT2D eigenvalue weighted by molar-refractivity contribution is -0.139. The number of hydrogen-bond donors (Lipinski definition) is 4. The van der Waals surface area contributed by atoms with Crippen LogP contribution in [-0.2, 0) is 11.3 Å². The zero-order chi connectivity index (χ0) is 29.4. The van der Waals surface area contributed by atoms with Crippen molar-refractivity contribution in [3.63, 3.8) is 0 Å². The molecule has 3 aromatic rings. The number of thioether (sulfide) groups is 1. The number of aromatic hydroxyl groups is 1. The van der Waals surface area contributed by atoms with Gasteiger partial charge in [0, 0.05) is 35.3 Å². The van der Waals surface area contributed by atoms with Crippen molar-refractivity contribution in [1.82, 2.24) is 25.1 Å². The van der Waals surface area contributed by atoms with Gasteiger partial charge in [0.2, 0.25) is 11.9 Å². The summed E-state index contributed by atoms with van der Waals surface area (Å²) < 4.78 is 5.65. The Hall–Kier alpha value is -4.03. The number of benzene rings is 2. The summed E-state index contributed by atoms with van der Waals surface area (Å²) in [5, 5.41) is 20.5. The van der Waals surface area contributed by atoms with Crippen molar-refractivity contribution in [2.24, 2.45) is 0 Å². The molecule has 6 rings (SSSR count). The number of para-hydroxylation sites is 1. The van der Waals surface area contributed by atoms with Gasteiger partial charge in [-0.1, -0.05) is 26.0 Å². The summed E-state index contributed by atoms with van der Waals surface area (Å²) in [7, 11) is 1.57. The zero-order valence-corrected chi connectivity index (χ0v) is 24.7. The maximum atomic E-state index is 13.4. The van der Waals surface area contributed by atoms with Crippen LogP contribution < -0.4 is 20.7 Å². The highest BCUT2D eigenvalue weighted by Crippen LogP contribution is 2.38. The molecular formula is C30H35N7O4S. The molecule has 4 heterocycles. The fraction of sp³-hybridized carbons (Fsp3) is 0.400. The van der Waals surface area contributed by atoms with Gasteiger partial charge in [-0.25, -0.2) is 4.98 Å². The van der Waals surface area contributed by atoms with Crippen molar-refractivity contribution in [3.8, 4) is 11.5 Å². The number of amides is 2. The molecule has 0 radical (unpaired) electrons. The third kappa shape index (κ3) is 5.56. The topological polar surface area (TPSA) is 132 Å². The second-order valence-electron chi connectivity index (χ2n) is 11.0. The molecule has 0 aliphatic carbocycles. The van der Waals surface area contributed by atoms with Gasteiger partial charge in [0.05, 0.1) is 36.8 Å². The minimum absolute atomic E-state index is 0.0107. The van der Waals surface area contributed by atoms with Gasteiger partial charge in [0.25, 0.3) is 5.91 Å². The summed E-state index contributed by atoms with van der Waals surface area (Å²) in [6.45, 7) is 6.69. The molecule has 2 fully saturated rings. The number of carbonyl (C=O) groups excluding carboxylic acids is 2. The molecule has 4 N–H and O–H groups in total. The van der Waals surface area contributed by atoms with E-state index >= 15 is 0 Å². The maximum Gasteiger partial charge on any atom is 0.254 e.